The monoisotopic (exact) mass is 452 g/mol. The van der Waals surface area contributed by atoms with E-state index in [1.54, 1.807) is 31.4 Å². The molecule has 1 amide bonds. The number of amides is 1. The summed E-state index contributed by atoms with van der Waals surface area (Å²) in [6.07, 6.45) is 0.171. The molecule has 2 N–H and O–H groups in total. The Bertz CT molecular complexity index is 814. The second kappa shape index (κ2) is 7.96. The molecule has 3 rings (SSSR count). The summed E-state index contributed by atoms with van der Waals surface area (Å²) in [5.74, 6) is 0.822. The van der Waals surface area contributed by atoms with Crippen LogP contribution >= 0.6 is 39.9 Å². The molecule has 1 heterocycles. The largest absolute Gasteiger partial charge is 0.497 e. The number of nitrogens with zero attached hydrogens (tertiary/aromatic N) is 1. The predicted molar refractivity (Wildman–Crippen MR) is 110 cm³/mol. The second-order valence-corrected chi connectivity index (χ2v) is 8.30. The van der Waals surface area contributed by atoms with Gasteiger partial charge < -0.3 is 9.84 Å². The summed E-state index contributed by atoms with van der Waals surface area (Å²) in [7, 11) is 1.59. The lowest BCUT2D eigenvalue weighted by Gasteiger charge is -2.34. The average Bonchev–Trinajstić information content (AvgIpc) is 2.92. The van der Waals surface area contributed by atoms with Gasteiger partial charge in [-0.2, -0.15) is 0 Å². The first kappa shape index (κ1) is 19.2. The average molecular weight is 453 g/mol. The third-order valence-corrected chi connectivity index (χ3v) is 6.06. The normalized spacial score (nSPS) is 19.5. The van der Waals surface area contributed by atoms with Crippen LogP contribution in [0.25, 0.3) is 0 Å². The van der Waals surface area contributed by atoms with Crippen LogP contribution in [0.4, 0.5) is 0 Å². The number of rotatable bonds is 5. The zero-order chi connectivity index (χ0) is 18.7. The standard InChI is InChI=1S/C18H17BrN2O3S2/c1-24-15-8-2-12(3-9-15)10-16(22)20-21-17(25)26-11-18(21,23)13-4-6-14(19)7-5-13/h2-9,23H,10-11H2,1H3,(H,20,22). The molecule has 0 aromatic heterocycles. The quantitative estimate of drug-likeness (QED) is 0.679. The number of methoxy groups -OCH3 is 1. The van der Waals surface area contributed by atoms with E-state index in [1.165, 1.54) is 16.8 Å². The Morgan fingerprint density at radius 1 is 1.31 bits per heavy atom. The van der Waals surface area contributed by atoms with E-state index in [4.69, 9.17) is 17.0 Å². The second-order valence-electron chi connectivity index (χ2n) is 5.77. The number of nitrogens with one attached hydrogen (secondary N) is 1. The predicted octanol–water partition coefficient (Wildman–Crippen LogP) is 3.21. The summed E-state index contributed by atoms with van der Waals surface area (Å²) in [6, 6.07) is 14.6. The molecule has 1 aliphatic heterocycles. The van der Waals surface area contributed by atoms with Crippen LogP contribution in [0, 0.1) is 0 Å². The summed E-state index contributed by atoms with van der Waals surface area (Å²) in [5.41, 5.74) is 2.88. The van der Waals surface area contributed by atoms with E-state index < -0.39 is 5.72 Å². The Labute approximate surface area is 169 Å². The SMILES string of the molecule is COc1ccc(CC(=O)NN2C(=S)SCC2(O)c2ccc(Br)cc2)cc1. The number of carbonyl (C=O) groups is 1. The topological polar surface area (TPSA) is 61.8 Å². The van der Waals surface area contributed by atoms with Crippen LogP contribution in [0.1, 0.15) is 11.1 Å². The van der Waals surface area contributed by atoms with E-state index in [0.29, 0.717) is 15.6 Å². The lowest BCUT2D eigenvalue weighted by Crippen LogP contribution is -2.54. The van der Waals surface area contributed by atoms with Gasteiger partial charge in [0, 0.05) is 10.0 Å². The fourth-order valence-electron chi connectivity index (χ4n) is 2.60. The number of thiocarbonyl (C=S) groups is 1. The van der Waals surface area contributed by atoms with Crippen LogP contribution in [0.2, 0.25) is 0 Å². The zero-order valence-electron chi connectivity index (χ0n) is 13.9. The highest BCUT2D eigenvalue weighted by Gasteiger charge is 2.45. The summed E-state index contributed by atoms with van der Waals surface area (Å²) >= 11 is 10.0. The van der Waals surface area contributed by atoms with Crippen LogP contribution in [0.3, 0.4) is 0 Å². The minimum atomic E-state index is -1.38. The summed E-state index contributed by atoms with van der Waals surface area (Å²) in [4.78, 5) is 12.5. The molecular weight excluding hydrogens is 436 g/mol. The van der Waals surface area contributed by atoms with Crippen molar-refractivity contribution in [2.45, 2.75) is 12.1 Å². The van der Waals surface area contributed by atoms with Crippen molar-refractivity contribution in [2.75, 3.05) is 12.9 Å². The smallest absolute Gasteiger partial charge is 0.243 e. The maximum atomic E-state index is 12.5. The fourth-order valence-corrected chi connectivity index (χ4v) is 4.19. The van der Waals surface area contributed by atoms with Crippen molar-refractivity contribution >= 4 is 50.1 Å². The summed E-state index contributed by atoms with van der Waals surface area (Å²) in [6.45, 7) is 0. The first-order valence-corrected chi connectivity index (χ1v) is 9.99. The number of hydrogen-bond acceptors (Lipinski definition) is 5. The molecule has 0 aliphatic carbocycles. The van der Waals surface area contributed by atoms with Gasteiger partial charge in [-0.15, -0.1) is 0 Å². The van der Waals surface area contributed by atoms with E-state index in [1.807, 2.05) is 24.3 Å². The van der Waals surface area contributed by atoms with Gasteiger partial charge in [0.05, 0.1) is 19.3 Å². The van der Waals surface area contributed by atoms with Crippen LogP contribution < -0.4 is 10.2 Å². The molecular formula is C18H17BrN2O3S2. The molecule has 26 heavy (non-hydrogen) atoms. The van der Waals surface area contributed by atoms with Crippen LogP contribution in [0.5, 0.6) is 5.75 Å². The molecule has 8 heteroatoms. The summed E-state index contributed by atoms with van der Waals surface area (Å²) < 4.78 is 6.45. The highest BCUT2D eigenvalue weighted by atomic mass is 79.9. The molecule has 0 spiro atoms. The van der Waals surface area contributed by atoms with Gasteiger partial charge in [-0.25, -0.2) is 5.01 Å². The first-order valence-electron chi connectivity index (χ1n) is 7.80. The Balaban J connectivity index is 1.74. The highest BCUT2D eigenvalue weighted by Crippen LogP contribution is 2.38. The first-order chi connectivity index (χ1) is 12.4. The fraction of sp³-hybridized carbons (Fsp3) is 0.222. The van der Waals surface area contributed by atoms with Gasteiger partial charge in [-0.1, -0.05) is 64.2 Å². The number of ether oxygens (including phenoxy) is 1. The van der Waals surface area contributed by atoms with E-state index in [2.05, 4.69) is 21.4 Å². The van der Waals surface area contributed by atoms with Crippen LogP contribution in [-0.2, 0) is 16.9 Å². The molecule has 1 unspecified atom stereocenters. The van der Waals surface area contributed by atoms with Crippen molar-refractivity contribution < 1.29 is 14.6 Å². The van der Waals surface area contributed by atoms with Crippen molar-refractivity contribution in [3.63, 3.8) is 0 Å². The van der Waals surface area contributed by atoms with E-state index in [0.717, 1.165) is 15.8 Å². The maximum absolute atomic E-state index is 12.5. The van der Waals surface area contributed by atoms with Crippen molar-refractivity contribution in [3.05, 3.63) is 64.1 Å². The summed E-state index contributed by atoms with van der Waals surface area (Å²) in [5, 5.41) is 12.5. The van der Waals surface area contributed by atoms with E-state index in [9.17, 15) is 9.90 Å². The van der Waals surface area contributed by atoms with Crippen molar-refractivity contribution in [3.8, 4) is 5.75 Å². The van der Waals surface area contributed by atoms with Gasteiger partial charge in [0.2, 0.25) is 5.91 Å². The molecule has 1 saturated heterocycles. The zero-order valence-corrected chi connectivity index (χ0v) is 17.2. The molecule has 2 aromatic carbocycles. The third-order valence-electron chi connectivity index (χ3n) is 4.02. The number of carbonyl (C=O) groups excluding carboxylic acids is 1. The van der Waals surface area contributed by atoms with Gasteiger partial charge in [-0.05, 0) is 29.8 Å². The molecule has 5 nitrogen and oxygen atoms in total. The van der Waals surface area contributed by atoms with Gasteiger partial charge in [0.1, 0.15) is 5.75 Å². The Morgan fingerprint density at radius 2 is 1.96 bits per heavy atom. The molecule has 136 valence electrons. The molecule has 0 bridgehead atoms. The number of hydrazine groups is 1. The van der Waals surface area contributed by atoms with Gasteiger partial charge >= 0.3 is 0 Å². The van der Waals surface area contributed by atoms with Crippen molar-refractivity contribution in [1.29, 1.82) is 0 Å². The number of halogens is 1. The van der Waals surface area contributed by atoms with Crippen LogP contribution in [-0.4, -0.2) is 33.2 Å². The van der Waals surface area contributed by atoms with Gasteiger partial charge in [0.15, 0.2) is 10.0 Å². The lowest BCUT2D eigenvalue weighted by atomic mass is 10.0. The molecule has 0 radical (unpaired) electrons. The Kier molecular flexibility index (Phi) is 5.86. The van der Waals surface area contributed by atoms with Crippen molar-refractivity contribution in [1.82, 2.24) is 10.4 Å². The van der Waals surface area contributed by atoms with E-state index >= 15 is 0 Å². The van der Waals surface area contributed by atoms with Gasteiger partial charge in [-0.3, -0.25) is 10.2 Å². The molecule has 0 saturated carbocycles. The van der Waals surface area contributed by atoms with Gasteiger partial charge in [0.25, 0.3) is 0 Å². The highest BCUT2D eigenvalue weighted by molar-refractivity contribution is 9.10. The van der Waals surface area contributed by atoms with Crippen molar-refractivity contribution in [2.24, 2.45) is 0 Å². The van der Waals surface area contributed by atoms with Crippen LogP contribution in [0.15, 0.2) is 53.0 Å². The minimum Gasteiger partial charge on any atom is -0.497 e. The number of thioether (sulfide) groups is 1. The number of hydrogen-bond donors (Lipinski definition) is 2. The number of aliphatic hydroxyl groups is 1. The lowest BCUT2D eigenvalue weighted by molar-refractivity contribution is -0.134. The molecule has 1 fully saturated rings. The maximum Gasteiger partial charge on any atom is 0.243 e. The minimum absolute atomic E-state index is 0.171. The van der Waals surface area contributed by atoms with E-state index in [-0.39, 0.29) is 12.3 Å². The molecule has 2 aromatic rings. The number of benzene rings is 2. The molecule has 1 atom stereocenters. The Morgan fingerprint density at radius 3 is 2.58 bits per heavy atom. The molecule has 1 aliphatic rings. The third kappa shape index (κ3) is 4.03. The Hall–Kier alpha value is -1.61.